The van der Waals surface area contributed by atoms with Crippen molar-refractivity contribution in [1.82, 2.24) is 9.55 Å². The van der Waals surface area contributed by atoms with Crippen LogP contribution in [-0.4, -0.2) is 35.4 Å². The summed E-state index contributed by atoms with van der Waals surface area (Å²) in [4.78, 5) is 31.0. The fourth-order valence-electron chi connectivity index (χ4n) is 3.60. The van der Waals surface area contributed by atoms with E-state index in [4.69, 9.17) is 14.5 Å². The number of benzene rings is 3. The number of anilines is 1. The van der Waals surface area contributed by atoms with Gasteiger partial charge in [-0.2, -0.15) is 0 Å². The SMILES string of the molecule is COc1ccc(NC(=O)CSc2nc3ccccc3c(=O)n2-c2cc(C)ccc2C)c(OC)c1. The third-order valence-electron chi connectivity index (χ3n) is 5.37. The highest BCUT2D eigenvalue weighted by atomic mass is 32.2. The number of amides is 1. The third kappa shape index (κ3) is 4.77. The summed E-state index contributed by atoms with van der Waals surface area (Å²) in [6, 6.07) is 18.3. The van der Waals surface area contributed by atoms with Gasteiger partial charge in [0.15, 0.2) is 5.16 Å². The van der Waals surface area contributed by atoms with Crippen LogP contribution in [0, 0.1) is 13.8 Å². The number of aryl methyl sites for hydroxylation is 2. The van der Waals surface area contributed by atoms with E-state index in [2.05, 4.69) is 5.32 Å². The quantitative estimate of drug-likeness (QED) is 0.307. The molecule has 0 atom stereocenters. The second kappa shape index (κ2) is 10.0. The number of aromatic nitrogens is 2. The number of ether oxygens (including phenoxy) is 2. The van der Waals surface area contributed by atoms with E-state index in [1.54, 1.807) is 42.0 Å². The number of methoxy groups -OCH3 is 2. The van der Waals surface area contributed by atoms with Crippen LogP contribution in [-0.2, 0) is 4.79 Å². The first kappa shape index (κ1) is 23.4. The monoisotopic (exact) mass is 475 g/mol. The molecule has 0 aliphatic heterocycles. The molecule has 7 nitrogen and oxygen atoms in total. The maximum atomic E-state index is 13.5. The number of nitrogens with zero attached hydrogens (tertiary/aromatic N) is 2. The number of rotatable bonds is 7. The number of fused-ring (bicyclic) bond motifs is 1. The molecule has 4 rings (SSSR count). The summed E-state index contributed by atoms with van der Waals surface area (Å²) in [5.74, 6) is 0.935. The molecule has 0 spiro atoms. The number of para-hydroxylation sites is 1. The van der Waals surface area contributed by atoms with Crippen LogP contribution in [0.15, 0.2) is 70.6 Å². The van der Waals surface area contributed by atoms with E-state index in [-0.39, 0.29) is 17.2 Å². The molecule has 34 heavy (non-hydrogen) atoms. The van der Waals surface area contributed by atoms with Crippen LogP contribution in [0.5, 0.6) is 11.5 Å². The average Bonchev–Trinajstić information content (AvgIpc) is 2.85. The van der Waals surface area contributed by atoms with Crippen molar-refractivity contribution in [2.24, 2.45) is 0 Å². The van der Waals surface area contributed by atoms with Gasteiger partial charge in [-0.15, -0.1) is 0 Å². The molecule has 0 aliphatic carbocycles. The summed E-state index contributed by atoms with van der Waals surface area (Å²) in [6.07, 6.45) is 0. The molecule has 1 amide bonds. The Morgan fingerprint density at radius 3 is 2.59 bits per heavy atom. The van der Waals surface area contributed by atoms with Gasteiger partial charge in [-0.1, -0.05) is 36.0 Å². The number of hydrogen-bond acceptors (Lipinski definition) is 6. The predicted octanol–water partition coefficient (Wildman–Crippen LogP) is 4.75. The van der Waals surface area contributed by atoms with Gasteiger partial charge in [-0.25, -0.2) is 4.98 Å². The highest BCUT2D eigenvalue weighted by molar-refractivity contribution is 7.99. The standard InChI is InChI=1S/C26H25N3O4S/c1-16-9-10-17(2)22(13-16)29-25(31)19-7-5-6-8-20(19)28-26(29)34-15-24(30)27-21-12-11-18(32-3)14-23(21)33-4/h5-14H,15H2,1-4H3,(H,27,30). The molecule has 174 valence electrons. The first-order valence-electron chi connectivity index (χ1n) is 10.7. The number of carbonyl (C=O) groups is 1. The van der Waals surface area contributed by atoms with Crippen LogP contribution in [0.4, 0.5) is 5.69 Å². The second-order valence-electron chi connectivity index (χ2n) is 7.75. The summed E-state index contributed by atoms with van der Waals surface area (Å²) < 4.78 is 12.2. The van der Waals surface area contributed by atoms with Gasteiger partial charge in [0, 0.05) is 6.07 Å². The molecule has 1 heterocycles. The van der Waals surface area contributed by atoms with Crippen LogP contribution in [0.25, 0.3) is 16.6 Å². The topological polar surface area (TPSA) is 82.5 Å². The zero-order valence-electron chi connectivity index (χ0n) is 19.4. The molecular formula is C26H25N3O4S. The Bertz CT molecular complexity index is 1430. The molecular weight excluding hydrogens is 450 g/mol. The molecule has 0 unspecified atom stereocenters. The van der Waals surface area contributed by atoms with Gasteiger partial charge in [-0.05, 0) is 55.3 Å². The van der Waals surface area contributed by atoms with Crippen molar-refractivity contribution < 1.29 is 14.3 Å². The first-order chi connectivity index (χ1) is 16.4. The maximum absolute atomic E-state index is 13.5. The number of carbonyl (C=O) groups excluding carboxylic acids is 1. The van der Waals surface area contributed by atoms with Gasteiger partial charge in [-0.3, -0.25) is 14.2 Å². The second-order valence-corrected chi connectivity index (χ2v) is 8.69. The van der Waals surface area contributed by atoms with E-state index in [9.17, 15) is 9.59 Å². The van der Waals surface area contributed by atoms with Crippen LogP contribution < -0.4 is 20.3 Å². The molecule has 1 N–H and O–H groups in total. The fourth-order valence-corrected chi connectivity index (χ4v) is 4.41. The molecule has 0 bridgehead atoms. The summed E-state index contributed by atoms with van der Waals surface area (Å²) in [6.45, 7) is 3.93. The lowest BCUT2D eigenvalue weighted by Crippen LogP contribution is -2.23. The molecule has 1 aromatic heterocycles. The van der Waals surface area contributed by atoms with Gasteiger partial charge in [0.05, 0.1) is 42.3 Å². The van der Waals surface area contributed by atoms with E-state index in [0.717, 1.165) is 16.8 Å². The Hall–Kier alpha value is -3.78. The molecule has 3 aromatic carbocycles. The van der Waals surface area contributed by atoms with Crippen molar-refractivity contribution in [1.29, 1.82) is 0 Å². The Kier molecular flexibility index (Phi) is 6.88. The Morgan fingerprint density at radius 2 is 1.82 bits per heavy atom. The van der Waals surface area contributed by atoms with Gasteiger partial charge in [0.25, 0.3) is 5.56 Å². The van der Waals surface area contributed by atoms with E-state index >= 15 is 0 Å². The van der Waals surface area contributed by atoms with Crippen molar-refractivity contribution in [2.45, 2.75) is 19.0 Å². The zero-order valence-corrected chi connectivity index (χ0v) is 20.2. The van der Waals surface area contributed by atoms with Gasteiger partial charge in [0.2, 0.25) is 5.91 Å². The lowest BCUT2D eigenvalue weighted by Gasteiger charge is -2.16. The number of hydrogen-bond donors (Lipinski definition) is 1. The lowest BCUT2D eigenvalue weighted by atomic mass is 10.1. The first-order valence-corrected chi connectivity index (χ1v) is 11.6. The van der Waals surface area contributed by atoms with Crippen LogP contribution in [0.3, 0.4) is 0 Å². The normalized spacial score (nSPS) is 10.8. The van der Waals surface area contributed by atoms with Gasteiger partial charge in [0.1, 0.15) is 11.5 Å². The summed E-state index contributed by atoms with van der Waals surface area (Å²) in [5.41, 5.74) is 3.68. The smallest absolute Gasteiger partial charge is 0.266 e. The van der Waals surface area contributed by atoms with Gasteiger partial charge < -0.3 is 14.8 Å². The number of thioether (sulfide) groups is 1. The minimum absolute atomic E-state index is 0.0603. The van der Waals surface area contributed by atoms with E-state index < -0.39 is 0 Å². The Morgan fingerprint density at radius 1 is 1.03 bits per heavy atom. The molecule has 8 heteroatoms. The minimum Gasteiger partial charge on any atom is -0.497 e. The highest BCUT2D eigenvalue weighted by Gasteiger charge is 2.17. The number of nitrogens with one attached hydrogen (secondary N) is 1. The molecule has 0 aliphatic rings. The molecule has 0 fully saturated rings. The summed E-state index contributed by atoms with van der Waals surface area (Å²) in [5, 5.41) is 3.84. The van der Waals surface area contributed by atoms with Crippen molar-refractivity contribution in [3.05, 3.63) is 82.1 Å². The Labute approximate surface area is 201 Å². The van der Waals surface area contributed by atoms with E-state index in [1.165, 1.54) is 18.9 Å². The molecule has 0 saturated carbocycles. The Balaban J connectivity index is 1.67. The van der Waals surface area contributed by atoms with E-state index in [0.29, 0.717) is 33.2 Å². The maximum Gasteiger partial charge on any atom is 0.266 e. The van der Waals surface area contributed by atoms with Crippen molar-refractivity contribution in [3.8, 4) is 17.2 Å². The molecule has 0 saturated heterocycles. The largest absolute Gasteiger partial charge is 0.497 e. The lowest BCUT2D eigenvalue weighted by molar-refractivity contribution is -0.113. The summed E-state index contributed by atoms with van der Waals surface area (Å²) in [7, 11) is 3.09. The minimum atomic E-state index is -0.247. The average molecular weight is 476 g/mol. The van der Waals surface area contributed by atoms with Crippen molar-refractivity contribution in [2.75, 3.05) is 25.3 Å². The summed E-state index contributed by atoms with van der Waals surface area (Å²) >= 11 is 1.21. The van der Waals surface area contributed by atoms with Crippen LogP contribution in [0.2, 0.25) is 0 Å². The third-order valence-corrected chi connectivity index (χ3v) is 6.30. The molecule has 4 aromatic rings. The van der Waals surface area contributed by atoms with Crippen molar-refractivity contribution >= 4 is 34.3 Å². The van der Waals surface area contributed by atoms with Crippen LogP contribution >= 0.6 is 11.8 Å². The molecule has 0 radical (unpaired) electrons. The van der Waals surface area contributed by atoms with Crippen LogP contribution in [0.1, 0.15) is 11.1 Å². The van der Waals surface area contributed by atoms with Gasteiger partial charge >= 0.3 is 0 Å². The fraction of sp³-hybridized carbons (Fsp3) is 0.192. The van der Waals surface area contributed by atoms with E-state index in [1.807, 2.05) is 44.2 Å². The zero-order chi connectivity index (χ0) is 24.2. The predicted molar refractivity (Wildman–Crippen MR) is 136 cm³/mol. The van der Waals surface area contributed by atoms with Crippen molar-refractivity contribution in [3.63, 3.8) is 0 Å². The highest BCUT2D eigenvalue weighted by Crippen LogP contribution is 2.30.